The number of sulfonamides is 1. The molecular weight excluding hydrogens is 384 g/mol. The number of morpholine rings is 1. The molecule has 28 heavy (non-hydrogen) atoms. The zero-order valence-corrected chi connectivity index (χ0v) is 17.0. The molecule has 0 N–H and O–H groups in total. The van der Waals surface area contributed by atoms with Crippen LogP contribution in [0.15, 0.2) is 29.2 Å². The number of rotatable bonds is 5. The molecule has 9 heteroatoms. The SMILES string of the molecule is C[C@@H]1CN(S(=O)(=O)c2cccc(C(=O)OCC(=O)N3CCCC3)c2)C[C@H](C)O1. The van der Waals surface area contributed by atoms with E-state index in [-0.39, 0.29) is 48.3 Å². The molecule has 1 amide bonds. The minimum absolute atomic E-state index is 0.0223. The van der Waals surface area contributed by atoms with Crippen molar-refractivity contribution < 1.29 is 27.5 Å². The van der Waals surface area contributed by atoms with E-state index in [1.807, 2.05) is 13.8 Å². The number of carbonyl (C=O) groups is 2. The van der Waals surface area contributed by atoms with Gasteiger partial charge >= 0.3 is 5.97 Å². The summed E-state index contributed by atoms with van der Waals surface area (Å²) in [6.45, 7) is 5.18. The summed E-state index contributed by atoms with van der Waals surface area (Å²) in [6.07, 6.45) is 1.50. The van der Waals surface area contributed by atoms with Gasteiger partial charge in [-0.3, -0.25) is 4.79 Å². The van der Waals surface area contributed by atoms with Crippen molar-refractivity contribution in [2.75, 3.05) is 32.8 Å². The Hall–Kier alpha value is -1.97. The molecule has 2 fully saturated rings. The molecule has 0 spiro atoms. The highest BCUT2D eigenvalue weighted by Crippen LogP contribution is 2.22. The molecular formula is C19H26N2O6S. The van der Waals surface area contributed by atoms with Crippen LogP contribution in [0.4, 0.5) is 0 Å². The van der Waals surface area contributed by atoms with E-state index in [1.54, 1.807) is 4.90 Å². The van der Waals surface area contributed by atoms with Crippen LogP contribution in [0, 0.1) is 0 Å². The number of nitrogens with zero attached hydrogens (tertiary/aromatic N) is 2. The third-order valence-corrected chi connectivity index (χ3v) is 6.71. The van der Waals surface area contributed by atoms with Gasteiger partial charge in [0.05, 0.1) is 22.7 Å². The number of ether oxygens (including phenoxy) is 2. The lowest BCUT2D eigenvalue weighted by Gasteiger charge is -2.34. The van der Waals surface area contributed by atoms with Crippen molar-refractivity contribution in [2.45, 2.75) is 43.8 Å². The molecule has 2 aliphatic heterocycles. The normalized spacial score (nSPS) is 23.6. The maximum absolute atomic E-state index is 13.0. The first kappa shape index (κ1) is 20.8. The second-order valence-electron chi connectivity index (χ2n) is 7.27. The molecule has 3 rings (SSSR count). The Labute approximate surface area is 165 Å². The molecule has 0 aliphatic carbocycles. The average Bonchev–Trinajstić information content (AvgIpc) is 3.20. The van der Waals surface area contributed by atoms with Crippen LogP contribution in [0.25, 0.3) is 0 Å². The maximum Gasteiger partial charge on any atom is 0.338 e. The smallest absolute Gasteiger partial charge is 0.338 e. The average molecular weight is 410 g/mol. The zero-order valence-electron chi connectivity index (χ0n) is 16.2. The van der Waals surface area contributed by atoms with Crippen LogP contribution in [0.2, 0.25) is 0 Å². The summed E-state index contributed by atoms with van der Waals surface area (Å²) in [7, 11) is -3.76. The van der Waals surface area contributed by atoms with Gasteiger partial charge in [-0.25, -0.2) is 13.2 Å². The Balaban J connectivity index is 1.68. The van der Waals surface area contributed by atoms with Crippen LogP contribution in [0.5, 0.6) is 0 Å². The summed E-state index contributed by atoms with van der Waals surface area (Å²) in [5.41, 5.74) is 0.102. The highest BCUT2D eigenvalue weighted by atomic mass is 32.2. The van der Waals surface area contributed by atoms with Crippen LogP contribution >= 0.6 is 0 Å². The van der Waals surface area contributed by atoms with Crippen molar-refractivity contribution in [1.29, 1.82) is 0 Å². The van der Waals surface area contributed by atoms with Gasteiger partial charge in [-0.1, -0.05) is 6.07 Å². The van der Waals surface area contributed by atoms with Crippen LogP contribution in [-0.4, -0.2) is 74.5 Å². The van der Waals surface area contributed by atoms with Gasteiger partial charge in [0.2, 0.25) is 10.0 Å². The Morgan fingerprint density at radius 1 is 1.14 bits per heavy atom. The number of hydrogen-bond donors (Lipinski definition) is 0. The topological polar surface area (TPSA) is 93.2 Å². The van der Waals surface area contributed by atoms with Gasteiger partial charge in [0.1, 0.15) is 0 Å². The van der Waals surface area contributed by atoms with Gasteiger partial charge in [0.15, 0.2) is 6.61 Å². The minimum Gasteiger partial charge on any atom is -0.452 e. The molecule has 0 unspecified atom stereocenters. The predicted molar refractivity (Wildman–Crippen MR) is 101 cm³/mol. The fourth-order valence-electron chi connectivity index (χ4n) is 3.53. The number of carbonyl (C=O) groups excluding carboxylic acids is 2. The highest BCUT2D eigenvalue weighted by Gasteiger charge is 2.32. The number of amides is 1. The molecule has 0 radical (unpaired) electrons. The molecule has 2 aliphatic rings. The lowest BCUT2D eigenvalue weighted by molar-refractivity contribution is -0.133. The quantitative estimate of drug-likeness (QED) is 0.679. The first-order chi connectivity index (χ1) is 13.3. The molecule has 1 aromatic carbocycles. The Morgan fingerprint density at radius 3 is 2.43 bits per heavy atom. The summed E-state index contributed by atoms with van der Waals surface area (Å²) < 4.78 is 38.0. The summed E-state index contributed by atoms with van der Waals surface area (Å²) in [5.74, 6) is -0.945. The number of hydrogen-bond acceptors (Lipinski definition) is 6. The largest absolute Gasteiger partial charge is 0.452 e. The van der Waals surface area contributed by atoms with E-state index in [1.165, 1.54) is 28.6 Å². The first-order valence-electron chi connectivity index (χ1n) is 9.48. The lowest BCUT2D eigenvalue weighted by atomic mass is 10.2. The van der Waals surface area contributed by atoms with Crippen LogP contribution in [0.1, 0.15) is 37.0 Å². The van der Waals surface area contributed by atoms with E-state index in [9.17, 15) is 18.0 Å². The second-order valence-corrected chi connectivity index (χ2v) is 9.21. The van der Waals surface area contributed by atoms with E-state index in [2.05, 4.69) is 0 Å². The summed E-state index contributed by atoms with van der Waals surface area (Å²) in [5, 5.41) is 0. The molecule has 1 aromatic rings. The standard InChI is InChI=1S/C19H26N2O6S/c1-14-11-21(12-15(2)27-14)28(24,25)17-7-5-6-16(10-17)19(23)26-13-18(22)20-8-3-4-9-20/h5-7,10,14-15H,3-4,8-9,11-13H2,1-2H3/t14-,15+. The van der Waals surface area contributed by atoms with Crippen molar-refractivity contribution in [3.05, 3.63) is 29.8 Å². The van der Waals surface area contributed by atoms with E-state index in [4.69, 9.17) is 9.47 Å². The molecule has 0 saturated carbocycles. The molecule has 8 nitrogen and oxygen atoms in total. The second kappa shape index (κ2) is 8.59. The highest BCUT2D eigenvalue weighted by molar-refractivity contribution is 7.89. The molecule has 0 bridgehead atoms. The monoisotopic (exact) mass is 410 g/mol. The van der Waals surface area contributed by atoms with E-state index in [0.717, 1.165) is 12.8 Å². The van der Waals surface area contributed by atoms with Gasteiger partial charge in [0.25, 0.3) is 5.91 Å². The van der Waals surface area contributed by atoms with E-state index in [0.29, 0.717) is 13.1 Å². The number of benzene rings is 1. The maximum atomic E-state index is 13.0. The van der Waals surface area contributed by atoms with Crippen molar-refractivity contribution in [3.8, 4) is 0 Å². The molecule has 2 saturated heterocycles. The van der Waals surface area contributed by atoms with Gasteiger partial charge in [-0.05, 0) is 44.9 Å². The van der Waals surface area contributed by atoms with Gasteiger partial charge in [-0.2, -0.15) is 4.31 Å². The third-order valence-electron chi connectivity index (χ3n) is 4.88. The van der Waals surface area contributed by atoms with Crippen molar-refractivity contribution in [2.24, 2.45) is 0 Å². The van der Waals surface area contributed by atoms with E-state index < -0.39 is 16.0 Å². The van der Waals surface area contributed by atoms with Gasteiger partial charge < -0.3 is 14.4 Å². The van der Waals surface area contributed by atoms with Crippen LogP contribution in [-0.2, 0) is 24.3 Å². The van der Waals surface area contributed by atoms with Gasteiger partial charge in [0, 0.05) is 26.2 Å². The van der Waals surface area contributed by atoms with Crippen molar-refractivity contribution in [3.63, 3.8) is 0 Å². The Kier molecular flexibility index (Phi) is 6.36. The molecule has 154 valence electrons. The molecule has 0 aromatic heterocycles. The number of esters is 1. The molecule has 2 atom stereocenters. The van der Waals surface area contributed by atoms with Crippen LogP contribution < -0.4 is 0 Å². The first-order valence-corrected chi connectivity index (χ1v) is 10.9. The Bertz CT molecular complexity index is 825. The molecule has 2 heterocycles. The van der Waals surface area contributed by atoms with Crippen molar-refractivity contribution >= 4 is 21.9 Å². The van der Waals surface area contributed by atoms with Gasteiger partial charge in [-0.15, -0.1) is 0 Å². The van der Waals surface area contributed by atoms with Crippen molar-refractivity contribution in [1.82, 2.24) is 9.21 Å². The van der Waals surface area contributed by atoms with E-state index >= 15 is 0 Å². The number of likely N-dealkylation sites (tertiary alicyclic amines) is 1. The minimum atomic E-state index is -3.76. The lowest BCUT2D eigenvalue weighted by Crippen LogP contribution is -2.48. The third kappa shape index (κ3) is 4.71. The van der Waals surface area contributed by atoms with Crippen LogP contribution in [0.3, 0.4) is 0 Å². The predicted octanol–water partition coefficient (Wildman–Crippen LogP) is 1.26. The summed E-state index contributed by atoms with van der Waals surface area (Å²) in [4.78, 5) is 26.0. The zero-order chi connectivity index (χ0) is 20.3. The fraction of sp³-hybridized carbons (Fsp3) is 0.579. The summed E-state index contributed by atoms with van der Waals surface area (Å²) >= 11 is 0. The fourth-order valence-corrected chi connectivity index (χ4v) is 5.16. The Morgan fingerprint density at radius 2 is 1.79 bits per heavy atom. The summed E-state index contributed by atoms with van der Waals surface area (Å²) in [6, 6.07) is 5.72.